The highest BCUT2D eigenvalue weighted by Crippen LogP contribution is 2.15. The highest BCUT2D eigenvalue weighted by atomic mass is 35.5. The molecule has 2 rings (SSSR count). The van der Waals surface area contributed by atoms with E-state index in [0.717, 1.165) is 12.1 Å². The van der Waals surface area contributed by atoms with Crippen LogP contribution in [0.15, 0.2) is 42.5 Å². The van der Waals surface area contributed by atoms with E-state index in [9.17, 15) is 13.6 Å². The van der Waals surface area contributed by atoms with Crippen molar-refractivity contribution >= 4 is 40.5 Å². The molecule has 0 atom stereocenters. The minimum absolute atomic E-state index is 0.0927. The fourth-order valence-electron chi connectivity index (χ4n) is 1.61. The Balaban J connectivity index is 2.08. The fraction of sp³-hybridized carbons (Fsp3) is 0. The second-order valence-electron chi connectivity index (χ2n) is 4.02. The van der Waals surface area contributed by atoms with E-state index in [1.165, 1.54) is 6.07 Å². The third-order valence-electron chi connectivity index (χ3n) is 2.50. The van der Waals surface area contributed by atoms with E-state index < -0.39 is 23.1 Å². The predicted octanol–water partition coefficient (Wildman–Crippen LogP) is 3.75. The van der Waals surface area contributed by atoms with Crippen LogP contribution < -0.4 is 10.6 Å². The fourth-order valence-corrected chi connectivity index (χ4v) is 2.01. The van der Waals surface area contributed by atoms with Crippen molar-refractivity contribution < 1.29 is 13.6 Å². The van der Waals surface area contributed by atoms with Crippen molar-refractivity contribution in [2.75, 3.05) is 5.32 Å². The van der Waals surface area contributed by atoms with Crippen LogP contribution in [0.5, 0.6) is 0 Å². The van der Waals surface area contributed by atoms with Crippen LogP contribution in [0.2, 0.25) is 5.02 Å². The summed E-state index contributed by atoms with van der Waals surface area (Å²) in [4.78, 5) is 11.8. The molecule has 0 aliphatic rings. The Labute approximate surface area is 129 Å². The second-order valence-corrected chi connectivity index (χ2v) is 4.86. The van der Waals surface area contributed by atoms with Gasteiger partial charge in [0.1, 0.15) is 17.2 Å². The summed E-state index contributed by atoms with van der Waals surface area (Å²) in [6.07, 6.45) is 0. The van der Waals surface area contributed by atoms with Crippen molar-refractivity contribution in [3.63, 3.8) is 0 Å². The van der Waals surface area contributed by atoms with Gasteiger partial charge < -0.3 is 5.32 Å². The Hall–Kier alpha value is -2.05. The van der Waals surface area contributed by atoms with Crippen LogP contribution >= 0.6 is 23.8 Å². The van der Waals surface area contributed by atoms with Gasteiger partial charge in [0.25, 0.3) is 5.91 Å². The zero-order chi connectivity index (χ0) is 15.4. The van der Waals surface area contributed by atoms with Crippen LogP contribution in [0, 0.1) is 11.6 Å². The van der Waals surface area contributed by atoms with Gasteiger partial charge in [-0.1, -0.05) is 23.7 Å². The second kappa shape index (κ2) is 6.60. The first-order valence-corrected chi connectivity index (χ1v) is 6.58. The van der Waals surface area contributed by atoms with E-state index >= 15 is 0 Å². The molecule has 3 nitrogen and oxygen atoms in total. The molecule has 7 heteroatoms. The molecule has 108 valence electrons. The van der Waals surface area contributed by atoms with Crippen LogP contribution in [0.1, 0.15) is 10.4 Å². The molecule has 0 aliphatic heterocycles. The van der Waals surface area contributed by atoms with Crippen molar-refractivity contribution in [1.82, 2.24) is 5.32 Å². The number of rotatable bonds is 2. The number of nitrogens with one attached hydrogen (secondary N) is 2. The number of hydrogen-bond acceptors (Lipinski definition) is 2. The minimum atomic E-state index is -0.967. The molecule has 21 heavy (non-hydrogen) atoms. The molecule has 0 radical (unpaired) electrons. The normalized spacial score (nSPS) is 10.0. The predicted molar refractivity (Wildman–Crippen MR) is 81.5 cm³/mol. The number of anilines is 1. The number of carbonyl (C=O) groups excluding carboxylic acids is 1. The molecule has 2 aromatic rings. The Bertz CT molecular complexity index is 689. The summed E-state index contributed by atoms with van der Waals surface area (Å²) in [6.45, 7) is 0. The molecule has 0 spiro atoms. The molecule has 0 saturated carbocycles. The highest BCUT2D eigenvalue weighted by molar-refractivity contribution is 7.80. The van der Waals surface area contributed by atoms with Gasteiger partial charge in [0.15, 0.2) is 5.11 Å². The van der Waals surface area contributed by atoms with Crippen LogP contribution in [-0.2, 0) is 0 Å². The standard InChI is InChI=1S/C14H9ClF2N2OS/c15-8-3-1-4-9(7-8)18-14(21)19-13(20)12-10(16)5-2-6-11(12)17/h1-7H,(H2,18,19,20,21). The number of halogens is 3. The first-order chi connectivity index (χ1) is 9.97. The van der Waals surface area contributed by atoms with E-state index in [4.69, 9.17) is 23.8 Å². The summed E-state index contributed by atoms with van der Waals surface area (Å²) in [5.41, 5.74) is -0.144. The molecule has 0 aromatic heterocycles. The minimum Gasteiger partial charge on any atom is -0.332 e. The maximum absolute atomic E-state index is 13.4. The van der Waals surface area contributed by atoms with Gasteiger partial charge in [0.2, 0.25) is 0 Å². The van der Waals surface area contributed by atoms with E-state index in [2.05, 4.69) is 10.6 Å². The van der Waals surface area contributed by atoms with Gasteiger partial charge in [-0.25, -0.2) is 8.78 Å². The van der Waals surface area contributed by atoms with Crippen molar-refractivity contribution in [2.45, 2.75) is 0 Å². The Morgan fingerprint density at radius 1 is 1.10 bits per heavy atom. The maximum atomic E-state index is 13.4. The van der Waals surface area contributed by atoms with Gasteiger partial charge in [-0.15, -0.1) is 0 Å². The number of amides is 1. The van der Waals surface area contributed by atoms with Crippen molar-refractivity contribution in [2.24, 2.45) is 0 Å². The summed E-state index contributed by atoms with van der Waals surface area (Å²) in [5, 5.41) is 5.28. The molecule has 0 aliphatic carbocycles. The maximum Gasteiger partial charge on any atom is 0.263 e. The number of thiocarbonyl (C=S) groups is 1. The molecule has 2 N–H and O–H groups in total. The topological polar surface area (TPSA) is 41.1 Å². The van der Waals surface area contributed by atoms with Gasteiger partial charge in [0, 0.05) is 10.7 Å². The summed E-state index contributed by atoms with van der Waals surface area (Å²) < 4.78 is 26.9. The first kappa shape index (κ1) is 15.3. The van der Waals surface area contributed by atoms with Crippen LogP contribution in [0.25, 0.3) is 0 Å². The molecule has 0 saturated heterocycles. The lowest BCUT2D eigenvalue weighted by Gasteiger charge is -2.10. The molecule has 0 bridgehead atoms. The average Bonchev–Trinajstić information content (AvgIpc) is 2.38. The lowest BCUT2D eigenvalue weighted by atomic mass is 10.2. The van der Waals surface area contributed by atoms with Crippen molar-refractivity contribution in [1.29, 1.82) is 0 Å². The smallest absolute Gasteiger partial charge is 0.263 e. The van der Waals surface area contributed by atoms with Crippen LogP contribution in [-0.4, -0.2) is 11.0 Å². The summed E-state index contributed by atoms with van der Waals surface area (Å²) >= 11 is 10.7. The van der Waals surface area contributed by atoms with Crippen LogP contribution in [0.3, 0.4) is 0 Å². The Morgan fingerprint density at radius 2 is 1.71 bits per heavy atom. The molecule has 1 amide bonds. The largest absolute Gasteiger partial charge is 0.332 e. The quantitative estimate of drug-likeness (QED) is 0.826. The average molecular weight is 327 g/mol. The molecular formula is C14H9ClF2N2OS. The van der Waals surface area contributed by atoms with Gasteiger partial charge in [0.05, 0.1) is 0 Å². The van der Waals surface area contributed by atoms with Crippen molar-refractivity contribution in [3.05, 3.63) is 64.7 Å². The Kier molecular flexibility index (Phi) is 4.82. The highest BCUT2D eigenvalue weighted by Gasteiger charge is 2.17. The van der Waals surface area contributed by atoms with Crippen molar-refractivity contribution in [3.8, 4) is 0 Å². The molecule has 0 heterocycles. The van der Waals surface area contributed by atoms with Gasteiger partial charge in [-0.2, -0.15) is 0 Å². The van der Waals surface area contributed by atoms with E-state index in [1.807, 2.05) is 0 Å². The molecule has 0 fully saturated rings. The van der Waals surface area contributed by atoms with Gasteiger partial charge >= 0.3 is 0 Å². The molecule has 2 aromatic carbocycles. The Morgan fingerprint density at radius 3 is 2.33 bits per heavy atom. The number of benzene rings is 2. The lowest BCUT2D eigenvalue weighted by Crippen LogP contribution is -2.35. The summed E-state index contributed by atoms with van der Waals surface area (Å²) in [6, 6.07) is 9.77. The summed E-state index contributed by atoms with van der Waals surface area (Å²) in [5.74, 6) is -2.89. The van der Waals surface area contributed by atoms with E-state index in [0.29, 0.717) is 10.7 Å². The zero-order valence-electron chi connectivity index (χ0n) is 10.5. The third-order valence-corrected chi connectivity index (χ3v) is 2.94. The SMILES string of the molecule is O=C(NC(=S)Nc1cccc(Cl)c1)c1c(F)cccc1F. The lowest BCUT2D eigenvalue weighted by molar-refractivity contribution is 0.0969. The number of carbonyl (C=O) groups is 1. The molecule has 0 unspecified atom stereocenters. The monoisotopic (exact) mass is 326 g/mol. The number of hydrogen-bond donors (Lipinski definition) is 2. The third kappa shape index (κ3) is 3.96. The van der Waals surface area contributed by atoms with Gasteiger partial charge in [-0.3, -0.25) is 10.1 Å². The summed E-state index contributed by atoms with van der Waals surface area (Å²) in [7, 11) is 0. The van der Waals surface area contributed by atoms with Crippen LogP contribution in [0.4, 0.5) is 14.5 Å². The molecular weight excluding hydrogens is 318 g/mol. The van der Waals surface area contributed by atoms with E-state index in [1.54, 1.807) is 24.3 Å². The van der Waals surface area contributed by atoms with E-state index in [-0.39, 0.29) is 5.11 Å². The first-order valence-electron chi connectivity index (χ1n) is 5.79. The van der Waals surface area contributed by atoms with Gasteiger partial charge in [-0.05, 0) is 42.5 Å². The zero-order valence-corrected chi connectivity index (χ0v) is 12.1.